The van der Waals surface area contributed by atoms with Crippen molar-refractivity contribution in [2.45, 2.75) is 13.0 Å². The molecule has 0 atom stereocenters. The van der Waals surface area contributed by atoms with E-state index < -0.39 is 0 Å². The highest BCUT2D eigenvalue weighted by molar-refractivity contribution is 9.10. The van der Waals surface area contributed by atoms with Crippen molar-refractivity contribution in [2.24, 2.45) is 0 Å². The molecular formula is C9H14BrNOS. The first kappa shape index (κ1) is 11.2. The molecular weight excluding hydrogens is 250 g/mol. The van der Waals surface area contributed by atoms with Gasteiger partial charge in [0.2, 0.25) is 0 Å². The van der Waals surface area contributed by atoms with Crippen LogP contribution in [0.2, 0.25) is 0 Å². The number of hydrogen-bond acceptors (Lipinski definition) is 3. The summed E-state index contributed by atoms with van der Waals surface area (Å²) in [6, 6.07) is 2.14. The zero-order chi connectivity index (χ0) is 9.68. The summed E-state index contributed by atoms with van der Waals surface area (Å²) in [4.78, 5) is 3.57. The van der Waals surface area contributed by atoms with E-state index in [-0.39, 0.29) is 6.61 Å². The van der Waals surface area contributed by atoms with Crippen molar-refractivity contribution in [3.8, 4) is 0 Å². The van der Waals surface area contributed by atoms with Crippen LogP contribution in [0, 0.1) is 0 Å². The molecule has 0 saturated heterocycles. The molecule has 0 fully saturated rings. The maximum atomic E-state index is 8.65. The third kappa shape index (κ3) is 4.22. The van der Waals surface area contributed by atoms with E-state index in [0.29, 0.717) is 0 Å². The Morgan fingerprint density at radius 3 is 2.92 bits per heavy atom. The number of halogens is 1. The molecule has 74 valence electrons. The van der Waals surface area contributed by atoms with Crippen molar-refractivity contribution in [2.75, 3.05) is 20.2 Å². The van der Waals surface area contributed by atoms with Crippen molar-refractivity contribution in [1.82, 2.24) is 4.90 Å². The van der Waals surface area contributed by atoms with Crippen LogP contribution in [0.4, 0.5) is 0 Å². The maximum absolute atomic E-state index is 8.65. The van der Waals surface area contributed by atoms with Gasteiger partial charge in [0, 0.05) is 34.4 Å². The lowest BCUT2D eigenvalue weighted by Crippen LogP contribution is -2.19. The van der Waals surface area contributed by atoms with E-state index in [0.717, 1.165) is 24.0 Å². The minimum atomic E-state index is 0.276. The summed E-state index contributed by atoms with van der Waals surface area (Å²) in [5, 5.41) is 10.7. The van der Waals surface area contributed by atoms with Crippen LogP contribution in [0.15, 0.2) is 15.9 Å². The van der Waals surface area contributed by atoms with Crippen LogP contribution < -0.4 is 0 Å². The number of hydrogen-bond donors (Lipinski definition) is 1. The van der Waals surface area contributed by atoms with Gasteiger partial charge in [-0.2, -0.15) is 0 Å². The SMILES string of the molecule is CN(CCCO)Cc1cc(Br)cs1. The van der Waals surface area contributed by atoms with Gasteiger partial charge >= 0.3 is 0 Å². The highest BCUT2D eigenvalue weighted by Crippen LogP contribution is 2.20. The zero-order valence-corrected chi connectivity index (χ0v) is 10.1. The minimum Gasteiger partial charge on any atom is -0.396 e. The number of thiophene rings is 1. The number of nitrogens with zero attached hydrogens (tertiary/aromatic N) is 1. The van der Waals surface area contributed by atoms with Crippen molar-refractivity contribution in [3.05, 3.63) is 20.8 Å². The summed E-state index contributed by atoms with van der Waals surface area (Å²) in [5.41, 5.74) is 0. The van der Waals surface area contributed by atoms with Gasteiger partial charge in [-0.15, -0.1) is 11.3 Å². The van der Waals surface area contributed by atoms with Crippen LogP contribution in [-0.2, 0) is 6.54 Å². The van der Waals surface area contributed by atoms with Crippen LogP contribution in [0.5, 0.6) is 0 Å². The molecule has 0 spiro atoms. The third-order valence-corrected chi connectivity index (χ3v) is 3.43. The van der Waals surface area contributed by atoms with Crippen molar-refractivity contribution >= 4 is 27.3 Å². The van der Waals surface area contributed by atoms with E-state index in [1.54, 1.807) is 11.3 Å². The minimum absolute atomic E-state index is 0.276. The van der Waals surface area contributed by atoms with E-state index in [2.05, 4.69) is 39.3 Å². The Hall–Kier alpha value is 0.1000. The molecule has 1 rings (SSSR count). The quantitative estimate of drug-likeness (QED) is 0.882. The van der Waals surface area contributed by atoms with Crippen LogP contribution in [0.25, 0.3) is 0 Å². The monoisotopic (exact) mass is 263 g/mol. The largest absolute Gasteiger partial charge is 0.396 e. The molecule has 0 aliphatic carbocycles. The van der Waals surface area contributed by atoms with E-state index in [9.17, 15) is 0 Å². The molecule has 0 bridgehead atoms. The first-order valence-corrected chi connectivity index (χ1v) is 5.92. The van der Waals surface area contributed by atoms with Crippen molar-refractivity contribution in [1.29, 1.82) is 0 Å². The second kappa shape index (κ2) is 5.75. The average Bonchev–Trinajstić information content (AvgIpc) is 2.48. The van der Waals surface area contributed by atoms with Gasteiger partial charge in [0.25, 0.3) is 0 Å². The fourth-order valence-corrected chi connectivity index (χ4v) is 2.65. The molecule has 2 nitrogen and oxygen atoms in total. The number of aliphatic hydroxyl groups is 1. The molecule has 0 aromatic carbocycles. The summed E-state index contributed by atoms with van der Waals surface area (Å²) < 4.78 is 1.16. The van der Waals surface area contributed by atoms with Crippen LogP contribution in [0.3, 0.4) is 0 Å². The maximum Gasteiger partial charge on any atom is 0.0443 e. The average molecular weight is 264 g/mol. The van der Waals surface area contributed by atoms with Crippen LogP contribution >= 0.6 is 27.3 Å². The summed E-state index contributed by atoms with van der Waals surface area (Å²) in [5.74, 6) is 0. The highest BCUT2D eigenvalue weighted by atomic mass is 79.9. The van der Waals surface area contributed by atoms with Gasteiger partial charge in [0.1, 0.15) is 0 Å². The topological polar surface area (TPSA) is 23.5 Å². The van der Waals surface area contributed by atoms with Gasteiger partial charge in [0.05, 0.1) is 0 Å². The van der Waals surface area contributed by atoms with E-state index in [1.807, 2.05) is 0 Å². The molecule has 1 aromatic heterocycles. The molecule has 0 unspecified atom stereocenters. The second-order valence-electron chi connectivity index (χ2n) is 3.05. The third-order valence-electron chi connectivity index (χ3n) is 1.75. The first-order chi connectivity index (χ1) is 6.22. The summed E-state index contributed by atoms with van der Waals surface area (Å²) in [6.45, 7) is 2.20. The van der Waals surface area contributed by atoms with Crippen LogP contribution in [0.1, 0.15) is 11.3 Å². The smallest absolute Gasteiger partial charge is 0.0443 e. The van der Waals surface area contributed by atoms with Gasteiger partial charge in [-0.3, -0.25) is 0 Å². The fraction of sp³-hybridized carbons (Fsp3) is 0.556. The Morgan fingerprint density at radius 1 is 1.62 bits per heavy atom. The summed E-state index contributed by atoms with van der Waals surface area (Å²) in [7, 11) is 2.07. The molecule has 1 aromatic rings. The fourth-order valence-electron chi connectivity index (χ4n) is 1.12. The predicted octanol–water partition coefficient (Wildman–Crippen LogP) is 2.32. The Bertz CT molecular complexity index is 252. The normalized spacial score (nSPS) is 11.1. The molecule has 4 heteroatoms. The Balaban J connectivity index is 2.31. The van der Waals surface area contributed by atoms with Gasteiger partial charge in [0.15, 0.2) is 0 Å². The lowest BCUT2D eigenvalue weighted by Gasteiger charge is -2.14. The van der Waals surface area contributed by atoms with E-state index in [1.165, 1.54) is 4.88 Å². The van der Waals surface area contributed by atoms with Gasteiger partial charge in [-0.25, -0.2) is 0 Å². The summed E-state index contributed by atoms with van der Waals surface area (Å²) >= 11 is 5.19. The Kier molecular flexibility index (Phi) is 4.94. The lowest BCUT2D eigenvalue weighted by molar-refractivity contribution is 0.245. The summed E-state index contributed by atoms with van der Waals surface area (Å²) in [6.07, 6.45) is 0.850. The van der Waals surface area contributed by atoms with E-state index >= 15 is 0 Å². The Morgan fingerprint density at radius 2 is 2.38 bits per heavy atom. The van der Waals surface area contributed by atoms with Gasteiger partial charge in [-0.05, 0) is 35.5 Å². The predicted molar refractivity (Wildman–Crippen MR) is 60.1 cm³/mol. The highest BCUT2D eigenvalue weighted by Gasteiger charge is 2.01. The molecule has 0 aliphatic heterocycles. The molecule has 0 radical (unpaired) electrons. The molecule has 0 aliphatic rings. The zero-order valence-electron chi connectivity index (χ0n) is 7.66. The Labute approximate surface area is 91.3 Å². The first-order valence-electron chi connectivity index (χ1n) is 4.24. The molecule has 13 heavy (non-hydrogen) atoms. The van der Waals surface area contributed by atoms with E-state index in [4.69, 9.17) is 5.11 Å². The standard InChI is InChI=1S/C9H14BrNOS/c1-11(3-2-4-12)6-9-5-8(10)7-13-9/h5,7,12H,2-4,6H2,1H3. The number of aliphatic hydroxyl groups excluding tert-OH is 1. The van der Waals surface area contributed by atoms with Crippen molar-refractivity contribution in [3.63, 3.8) is 0 Å². The lowest BCUT2D eigenvalue weighted by atomic mass is 10.4. The molecule has 0 amide bonds. The molecule has 1 N–H and O–H groups in total. The number of rotatable bonds is 5. The van der Waals surface area contributed by atoms with Crippen molar-refractivity contribution < 1.29 is 5.11 Å². The van der Waals surface area contributed by atoms with Gasteiger partial charge < -0.3 is 10.0 Å². The molecule has 0 saturated carbocycles. The van der Waals surface area contributed by atoms with Crippen LogP contribution in [-0.4, -0.2) is 30.2 Å². The molecule has 1 heterocycles. The second-order valence-corrected chi connectivity index (χ2v) is 4.96. The van der Waals surface area contributed by atoms with Gasteiger partial charge in [-0.1, -0.05) is 0 Å².